The number of nitrogens with zero attached hydrogens (tertiary/aromatic N) is 2. The number of nitrogens with one attached hydrogen (secondary N) is 1. The van der Waals surface area contributed by atoms with Crippen LogP contribution < -0.4 is 10.1 Å². The van der Waals surface area contributed by atoms with Crippen LogP contribution in [0.1, 0.15) is 49.1 Å². The van der Waals surface area contributed by atoms with Crippen molar-refractivity contribution < 1.29 is 19.4 Å². The Morgan fingerprint density at radius 2 is 1.92 bits per heavy atom. The van der Waals surface area contributed by atoms with Gasteiger partial charge in [-0.3, -0.25) is 4.79 Å². The van der Waals surface area contributed by atoms with Gasteiger partial charge in [0.05, 0.1) is 25.8 Å². The van der Waals surface area contributed by atoms with Crippen molar-refractivity contribution in [2.75, 3.05) is 32.1 Å². The molecule has 188 valence electrons. The highest BCUT2D eigenvalue weighted by atomic mass is 16.5. The normalized spacial score (nSPS) is 23.7. The van der Waals surface area contributed by atoms with E-state index in [-0.39, 0.29) is 43.1 Å². The van der Waals surface area contributed by atoms with Gasteiger partial charge in [-0.1, -0.05) is 49.3 Å². The number of hydrogen-bond donors (Lipinski definition) is 2. The molecule has 2 aromatic carbocycles. The fourth-order valence-corrected chi connectivity index (χ4v) is 5.78. The molecular weight excluding hydrogens is 454 g/mol. The summed E-state index contributed by atoms with van der Waals surface area (Å²) in [6.45, 7) is 0.295. The lowest BCUT2D eigenvalue weighted by molar-refractivity contribution is -0.159. The van der Waals surface area contributed by atoms with Crippen LogP contribution in [0.2, 0.25) is 0 Å². The first-order valence-electron chi connectivity index (χ1n) is 12.8. The molecule has 1 saturated carbocycles. The summed E-state index contributed by atoms with van der Waals surface area (Å²) in [5.74, 6) is 7.72. The smallest absolute Gasteiger partial charge is 0.322 e. The minimum Gasteiger partial charge on any atom is -0.497 e. The van der Waals surface area contributed by atoms with Crippen molar-refractivity contribution in [3.8, 4) is 17.6 Å². The number of aliphatic hydroxyl groups is 1. The third kappa shape index (κ3) is 4.91. The lowest BCUT2D eigenvalue weighted by Gasteiger charge is -2.58. The van der Waals surface area contributed by atoms with E-state index < -0.39 is 0 Å². The summed E-state index contributed by atoms with van der Waals surface area (Å²) in [6.07, 6.45) is 6.25. The Labute approximate surface area is 212 Å². The highest BCUT2D eigenvalue weighted by Gasteiger charge is 2.54. The van der Waals surface area contributed by atoms with Crippen LogP contribution in [0, 0.1) is 17.8 Å². The van der Waals surface area contributed by atoms with Crippen LogP contribution in [-0.4, -0.2) is 65.7 Å². The average Bonchev–Trinajstić information content (AvgIpc) is 2.90. The van der Waals surface area contributed by atoms with Crippen molar-refractivity contribution in [1.29, 1.82) is 0 Å². The van der Waals surface area contributed by atoms with Gasteiger partial charge in [0.15, 0.2) is 0 Å². The number of hydrogen-bond acceptors (Lipinski definition) is 4. The van der Waals surface area contributed by atoms with Crippen molar-refractivity contribution in [3.63, 3.8) is 0 Å². The predicted molar refractivity (Wildman–Crippen MR) is 138 cm³/mol. The fourth-order valence-electron chi connectivity index (χ4n) is 5.78. The third-order valence-corrected chi connectivity index (χ3v) is 7.68. The predicted octanol–water partition coefficient (Wildman–Crippen LogP) is 3.83. The number of fused-ring (bicyclic) bond motifs is 1. The molecule has 7 heteroatoms. The van der Waals surface area contributed by atoms with E-state index in [0.717, 1.165) is 11.1 Å². The minimum absolute atomic E-state index is 0.00871. The second-order valence-electron chi connectivity index (χ2n) is 9.91. The zero-order valence-electron chi connectivity index (χ0n) is 20.7. The Hall–Kier alpha value is -3.50. The second kappa shape index (κ2) is 10.6. The number of aliphatic hydroxyl groups excluding tert-OH is 1. The second-order valence-corrected chi connectivity index (χ2v) is 9.91. The Morgan fingerprint density at radius 3 is 2.64 bits per heavy atom. The molecule has 0 spiro atoms. The molecule has 2 heterocycles. The molecule has 2 aromatic rings. The summed E-state index contributed by atoms with van der Waals surface area (Å²) in [4.78, 5) is 29.2. The molecule has 3 atom stereocenters. The van der Waals surface area contributed by atoms with Crippen molar-refractivity contribution >= 4 is 17.6 Å². The average molecular weight is 488 g/mol. The summed E-state index contributed by atoms with van der Waals surface area (Å²) in [5, 5.41) is 12.9. The maximum Gasteiger partial charge on any atom is 0.322 e. The number of piperazine rings is 1. The van der Waals surface area contributed by atoms with Gasteiger partial charge in [0, 0.05) is 35.7 Å². The van der Waals surface area contributed by atoms with E-state index >= 15 is 0 Å². The van der Waals surface area contributed by atoms with Crippen LogP contribution in [0.25, 0.3) is 0 Å². The van der Waals surface area contributed by atoms with Gasteiger partial charge in [-0.05, 0) is 42.7 Å². The van der Waals surface area contributed by atoms with E-state index in [1.165, 1.54) is 32.1 Å². The number of amides is 3. The van der Waals surface area contributed by atoms with E-state index in [1.54, 1.807) is 41.2 Å². The molecule has 0 aromatic heterocycles. The van der Waals surface area contributed by atoms with Gasteiger partial charge in [0.25, 0.3) is 0 Å². The molecule has 3 amide bonds. The highest BCUT2D eigenvalue weighted by molar-refractivity contribution is 5.94. The summed E-state index contributed by atoms with van der Waals surface area (Å²) >= 11 is 0. The van der Waals surface area contributed by atoms with Crippen LogP contribution in [0.15, 0.2) is 48.5 Å². The van der Waals surface area contributed by atoms with Gasteiger partial charge in [0.2, 0.25) is 5.91 Å². The number of urea groups is 1. The fraction of sp³-hybridized carbons (Fsp3) is 0.448. The first-order valence-corrected chi connectivity index (χ1v) is 12.8. The summed E-state index contributed by atoms with van der Waals surface area (Å²) < 4.78 is 5.22. The van der Waals surface area contributed by atoms with E-state index in [0.29, 0.717) is 23.9 Å². The number of anilines is 1. The quantitative estimate of drug-likeness (QED) is 0.643. The van der Waals surface area contributed by atoms with Crippen LogP contribution >= 0.6 is 0 Å². The number of benzene rings is 2. The van der Waals surface area contributed by atoms with Gasteiger partial charge in [-0.25, -0.2) is 4.79 Å². The topological polar surface area (TPSA) is 82.1 Å². The van der Waals surface area contributed by atoms with Crippen molar-refractivity contribution in [2.24, 2.45) is 5.92 Å². The molecule has 7 nitrogen and oxygen atoms in total. The zero-order valence-corrected chi connectivity index (χ0v) is 20.7. The number of carbonyl (C=O) groups is 2. The lowest BCUT2D eigenvalue weighted by Crippen LogP contribution is -2.73. The molecule has 0 bridgehead atoms. The highest BCUT2D eigenvalue weighted by Crippen LogP contribution is 2.43. The van der Waals surface area contributed by atoms with Crippen molar-refractivity contribution in [3.05, 3.63) is 59.7 Å². The molecule has 3 fully saturated rings. The van der Waals surface area contributed by atoms with Gasteiger partial charge in [-0.2, -0.15) is 0 Å². The molecule has 2 aliphatic heterocycles. The third-order valence-electron chi connectivity index (χ3n) is 7.68. The first kappa shape index (κ1) is 24.2. The molecule has 3 aliphatic rings. The Bertz CT molecular complexity index is 1160. The maximum atomic E-state index is 13.0. The molecule has 5 rings (SSSR count). The van der Waals surface area contributed by atoms with Crippen LogP contribution in [0.4, 0.5) is 10.5 Å². The zero-order chi connectivity index (χ0) is 25.1. The molecule has 2 saturated heterocycles. The maximum absolute atomic E-state index is 13.0. The number of ether oxygens (including phenoxy) is 1. The van der Waals surface area contributed by atoms with Crippen LogP contribution in [0.5, 0.6) is 5.75 Å². The van der Waals surface area contributed by atoms with E-state index in [4.69, 9.17) is 4.74 Å². The standard InChI is InChI=1S/C29H33N3O4/c1-36-24-9-5-8-23(16-24)30-29(35)31-17-25-28(26(19-33)32(25)27(34)18-31)22-14-12-21(13-15-22)11-10-20-6-3-2-4-7-20/h5,8-9,12-16,20,25-26,28,33H,2-4,6-7,17-19H2,1H3,(H,30,35)/t25-,26+,28+/m0/s1. The van der Waals surface area contributed by atoms with Crippen molar-refractivity contribution in [1.82, 2.24) is 9.80 Å². The van der Waals surface area contributed by atoms with E-state index in [1.807, 2.05) is 12.1 Å². The van der Waals surface area contributed by atoms with Crippen LogP contribution in [-0.2, 0) is 4.79 Å². The summed E-state index contributed by atoms with van der Waals surface area (Å²) in [5.41, 5.74) is 2.65. The summed E-state index contributed by atoms with van der Waals surface area (Å²) in [6, 6.07) is 14.5. The molecule has 0 unspecified atom stereocenters. The number of rotatable bonds is 4. The molecule has 36 heavy (non-hydrogen) atoms. The minimum atomic E-state index is -0.323. The van der Waals surface area contributed by atoms with Gasteiger partial charge < -0.3 is 25.0 Å². The number of methoxy groups -OCH3 is 1. The monoisotopic (exact) mass is 487 g/mol. The Morgan fingerprint density at radius 1 is 1.14 bits per heavy atom. The molecular formula is C29H33N3O4. The molecule has 0 radical (unpaired) electrons. The SMILES string of the molecule is COc1cccc(NC(=O)N2CC(=O)N3[C@H](CO)[C@H](c4ccc(C#CC5CCCCC5)cc4)[C@@H]3C2)c1. The van der Waals surface area contributed by atoms with Crippen LogP contribution in [0.3, 0.4) is 0 Å². The molecule has 2 N–H and O–H groups in total. The summed E-state index contributed by atoms with van der Waals surface area (Å²) in [7, 11) is 1.57. The Balaban J connectivity index is 1.28. The van der Waals surface area contributed by atoms with Gasteiger partial charge >= 0.3 is 6.03 Å². The van der Waals surface area contributed by atoms with E-state index in [2.05, 4.69) is 29.3 Å². The largest absolute Gasteiger partial charge is 0.497 e. The number of carbonyl (C=O) groups excluding carboxylic acids is 2. The Kier molecular flexibility index (Phi) is 7.15. The lowest BCUT2D eigenvalue weighted by atomic mass is 9.73. The van der Waals surface area contributed by atoms with E-state index in [9.17, 15) is 14.7 Å². The van der Waals surface area contributed by atoms with Crippen molar-refractivity contribution in [2.45, 2.75) is 50.1 Å². The van der Waals surface area contributed by atoms with Gasteiger partial charge in [-0.15, -0.1) is 0 Å². The van der Waals surface area contributed by atoms with Gasteiger partial charge in [0.1, 0.15) is 12.3 Å². The molecule has 1 aliphatic carbocycles. The first-order chi connectivity index (χ1) is 17.6.